The maximum Gasteiger partial charge on any atom is 0.255 e. The highest BCUT2D eigenvalue weighted by atomic mass is 79.9. The number of halogens is 1. The summed E-state index contributed by atoms with van der Waals surface area (Å²) in [6.45, 7) is 5.83. The van der Waals surface area contributed by atoms with E-state index >= 15 is 0 Å². The van der Waals surface area contributed by atoms with Gasteiger partial charge in [-0.2, -0.15) is 0 Å². The predicted octanol–water partition coefficient (Wildman–Crippen LogP) is 5.21. The molecule has 0 radical (unpaired) electrons. The van der Waals surface area contributed by atoms with Crippen LogP contribution in [0.4, 0.5) is 0 Å². The third-order valence-electron chi connectivity index (χ3n) is 9.06. The van der Waals surface area contributed by atoms with Crippen LogP contribution in [0.15, 0.2) is 83.6 Å². The number of nitrogens with zero attached hydrogens (tertiary/aromatic N) is 4. The average Bonchev–Trinajstić information content (AvgIpc) is 3.53. The van der Waals surface area contributed by atoms with E-state index in [1.807, 2.05) is 29.2 Å². The molecule has 0 unspecified atom stereocenters. The fourth-order valence-corrected chi connectivity index (χ4v) is 7.05. The second-order valence-electron chi connectivity index (χ2n) is 11.4. The van der Waals surface area contributed by atoms with Crippen molar-refractivity contribution >= 4 is 27.7 Å². The fraction of sp³-hybridized carbons (Fsp3) is 0.406. The minimum Gasteiger partial charge on any atom is -0.338 e. The van der Waals surface area contributed by atoms with Crippen molar-refractivity contribution in [2.75, 3.05) is 39.3 Å². The second kappa shape index (κ2) is 11.2. The van der Waals surface area contributed by atoms with Crippen molar-refractivity contribution in [3.63, 3.8) is 0 Å². The van der Waals surface area contributed by atoms with Crippen molar-refractivity contribution < 1.29 is 9.59 Å². The SMILES string of the molecule is O=C(c1cccnc1)N1C[C@H](CN2CCC3(CC2)CCN(Cc2ccc(Br)cc2)C3=O)[C@@H](c2ccccc2)C1. The molecule has 4 heterocycles. The van der Waals surface area contributed by atoms with E-state index in [0.29, 0.717) is 29.9 Å². The van der Waals surface area contributed by atoms with Crippen LogP contribution < -0.4 is 0 Å². The number of likely N-dealkylation sites (tertiary alicyclic amines) is 3. The van der Waals surface area contributed by atoms with Gasteiger partial charge in [0.05, 0.1) is 11.0 Å². The molecule has 0 aliphatic carbocycles. The molecule has 0 saturated carbocycles. The lowest BCUT2D eigenvalue weighted by Gasteiger charge is -2.39. The van der Waals surface area contributed by atoms with Gasteiger partial charge in [0.2, 0.25) is 5.91 Å². The molecule has 6 nitrogen and oxygen atoms in total. The van der Waals surface area contributed by atoms with Gasteiger partial charge >= 0.3 is 0 Å². The highest BCUT2D eigenvalue weighted by molar-refractivity contribution is 9.10. The summed E-state index contributed by atoms with van der Waals surface area (Å²) in [5, 5.41) is 0. The van der Waals surface area contributed by atoms with Crippen LogP contribution in [0.1, 0.15) is 46.7 Å². The molecule has 39 heavy (non-hydrogen) atoms. The van der Waals surface area contributed by atoms with Crippen molar-refractivity contribution in [3.8, 4) is 0 Å². The van der Waals surface area contributed by atoms with Gasteiger partial charge in [-0.3, -0.25) is 14.6 Å². The quantitative estimate of drug-likeness (QED) is 0.397. The Labute approximate surface area is 239 Å². The van der Waals surface area contributed by atoms with E-state index in [4.69, 9.17) is 0 Å². The molecule has 0 N–H and O–H groups in total. The fourth-order valence-electron chi connectivity index (χ4n) is 6.78. The molecule has 2 aromatic carbocycles. The Balaban J connectivity index is 1.10. The Morgan fingerprint density at radius 3 is 2.38 bits per heavy atom. The Bertz CT molecular complexity index is 1290. The molecule has 3 saturated heterocycles. The first-order valence-corrected chi connectivity index (χ1v) is 14.8. The highest BCUT2D eigenvalue weighted by Crippen LogP contribution is 2.43. The Kier molecular flexibility index (Phi) is 7.54. The minimum absolute atomic E-state index is 0.0616. The number of carbonyl (C=O) groups is 2. The number of benzene rings is 2. The molecule has 6 rings (SSSR count). The van der Waals surface area contributed by atoms with Gasteiger partial charge in [-0.25, -0.2) is 0 Å². The zero-order chi connectivity index (χ0) is 26.8. The Morgan fingerprint density at radius 1 is 0.923 bits per heavy atom. The van der Waals surface area contributed by atoms with E-state index in [1.54, 1.807) is 12.4 Å². The van der Waals surface area contributed by atoms with Crippen molar-refractivity contribution in [3.05, 3.63) is 100 Å². The van der Waals surface area contributed by atoms with Gasteiger partial charge in [0.1, 0.15) is 0 Å². The molecule has 3 aliphatic rings. The first kappa shape index (κ1) is 26.2. The van der Waals surface area contributed by atoms with Crippen molar-refractivity contribution in [2.24, 2.45) is 11.3 Å². The number of hydrogen-bond donors (Lipinski definition) is 0. The molecule has 3 fully saturated rings. The minimum atomic E-state index is -0.206. The van der Waals surface area contributed by atoms with E-state index in [2.05, 4.69) is 73.2 Å². The molecule has 7 heteroatoms. The zero-order valence-corrected chi connectivity index (χ0v) is 23.8. The molecule has 202 valence electrons. The lowest BCUT2D eigenvalue weighted by molar-refractivity contribution is -0.139. The molecule has 2 amide bonds. The predicted molar refractivity (Wildman–Crippen MR) is 155 cm³/mol. The lowest BCUT2D eigenvalue weighted by Crippen LogP contribution is -2.46. The van der Waals surface area contributed by atoms with Crippen molar-refractivity contribution in [2.45, 2.75) is 31.7 Å². The van der Waals surface area contributed by atoms with Crippen LogP contribution in [-0.2, 0) is 11.3 Å². The van der Waals surface area contributed by atoms with E-state index in [9.17, 15) is 9.59 Å². The van der Waals surface area contributed by atoms with Crippen LogP contribution >= 0.6 is 15.9 Å². The summed E-state index contributed by atoms with van der Waals surface area (Å²) in [6, 6.07) is 22.6. The van der Waals surface area contributed by atoms with Crippen molar-refractivity contribution in [1.29, 1.82) is 0 Å². The first-order valence-electron chi connectivity index (χ1n) is 14.0. The van der Waals surface area contributed by atoms with Crippen molar-refractivity contribution in [1.82, 2.24) is 19.7 Å². The summed E-state index contributed by atoms with van der Waals surface area (Å²) >= 11 is 3.49. The van der Waals surface area contributed by atoms with E-state index in [1.165, 1.54) is 11.1 Å². The third-order valence-corrected chi connectivity index (χ3v) is 9.59. The number of pyridine rings is 1. The second-order valence-corrected chi connectivity index (χ2v) is 12.3. The first-order chi connectivity index (χ1) is 19.0. The maximum atomic E-state index is 13.5. The Hall–Kier alpha value is -3.03. The Morgan fingerprint density at radius 2 is 1.67 bits per heavy atom. The lowest BCUT2D eigenvalue weighted by atomic mass is 9.76. The molecule has 0 bridgehead atoms. The van der Waals surface area contributed by atoms with Gasteiger partial charge in [-0.1, -0.05) is 58.4 Å². The van der Waals surface area contributed by atoms with Crippen LogP contribution in [0.3, 0.4) is 0 Å². The molecule has 1 spiro atoms. The summed E-state index contributed by atoms with van der Waals surface area (Å²) in [7, 11) is 0. The van der Waals surface area contributed by atoms with E-state index in [0.717, 1.165) is 63.0 Å². The zero-order valence-electron chi connectivity index (χ0n) is 22.2. The summed E-state index contributed by atoms with van der Waals surface area (Å²) in [5.41, 5.74) is 2.92. The molecule has 3 aliphatic heterocycles. The number of piperidine rings is 1. The summed E-state index contributed by atoms with van der Waals surface area (Å²) in [6.07, 6.45) is 6.16. The van der Waals surface area contributed by atoms with E-state index in [-0.39, 0.29) is 11.3 Å². The third kappa shape index (κ3) is 5.52. The number of rotatable bonds is 6. The smallest absolute Gasteiger partial charge is 0.255 e. The van der Waals surface area contributed by atoms with Crippen LogP contribution in [0.5, 0.6) is 0 Å². The number of hydrogen-bond acceptors (Lipinski definition) is 4. The number of aromatic nitrogens is 1. The summed E-state index contributed by atoms with van der Waals surface area (Å²) in [5.74, 6) is 1.06. The molecular weight excluding hydrogens is 552 g/mol. The van der Waals surface area contributed by atoms with Crippen LogP contribution in [0.25, 0.3) is 0 Å². The van der Waals surface area contributed by atoms with Crippen LogP contribution in [-0.4, -0.2) is 70.8 Å². The molecular formula is C32H35BrN4O2. The largest absolute Gasteiger partial charge is 0.338 e. The standard InChI is InChI=1S/C32H35BrN4O2/c33-28-10-8-24(9-11-28)20-36-18-14-32(31(36)39)12-16-35(17-13-32)21-27-22-37(30(38)26-7-4-15-34-19-26)23-29(27)25-5-2-1-3-6-25/h1-11,15,19,27,29H,12-14,16-18,20-23H2/t27-,29+/m0/s1. The number of amides is 2. The van der Waals surface area contributed by atoms with Gasteiger partial charge < -0.3 is 14.7 Å². The highest BCUT2D eigenvalue weighted by Gasteiger charge is 2.48. The maximum absolute atomic E-state index is 13.5. The number of carbonyl (C=O) groups excluding carboxylic acids is 2. The van der Waals surface area contributed by atoms with Gasteiger partial charge in [-0.05, 0) is 73.7 Å². The van der Waals surface area contributed by atoms with Gasteiger partial charge in [-0.15, -0.1) is 0 Å². The summed E-state index contributed by atoms with van der Waals surface area (Å²) in [4.78, 5) is 37.6. The van der Waals surface area contributed by atoms with Gasteiger partial charge in [0.25, 0.3) is 5.91 Å². The summed E-state index contributed by atoms with van der Waals surface area (Å²) < 4.78 is 1.06. The van der Waals surface area contributed by atoms with Crippen LogP contribution in [0, 0.1) is 11.3 Å². The molecule has 3 aromatic rings. The molecule has 1 aromatic heterocycles. The topological polar surface area (TPSA) is 56.8 Å². The monoisotopic (exact) mass is 586 g/mol. The normalized spacial score (nSPS) is 23.1. The van der Waals surface area contributed by atoms with Crippen LogP contribution in [0.2, 0.25) is 0 Å². The molecule has 2 atom stereocenters. The van der Waals surface area contributed by atoms with Gasteiger partial charge in [0, 0.05) is 55.5 Å². The average molecular weight is 588 g/mol. The van der Waals surface area contributed by atoms with E-state index < -0.39 is 0 Å². The van der Waals surface area contributed by atoms with Gasteiger partial charge in [0.15, 0.2) is 0 Å².